The normalized spacial score (nSPS) is 11.9. The molecule has 0 unspecified atom stereocenters. The highest BCUT2D eigenvalue weighted by Crippen LogP contribution is 2.18. The second-order valence-corrected chi connectivity index (χ2v) is 5.71. The predicted molar refractivity (Wildman–Crippen MR) is 84.9 cm³/mol. The van der Waals surface area contributed by atoms with E-state index in [4.69, 9.17) is 9.47 Å². The summed E-state index contributed by atoms with van der Waals surface area (Å²) in [6, 6.07) is 7.63. The molecule has 1 rings (SSSR count). The van der Waals surface area contributed by atoms with E-state index in [9.17, 15) is 0 Å². The van der Waals surface area contributed by atoms with Gasteiger partial charge < -0.3 is 9.47 Å². The minimum Gasteiger partial charge on any atom is -0.465 e. The second-order valence-electron chi connectivity index (χ2n) is 5.71. The van der Waals surface area contributed by atoms with Gasteiger partial charge in [0.1, 0.15) is 11.5 Å². The standard InChI is InChI=1S/C18H26O2/c1-15(2)7-5-13-19-17-9-11-18(12-10-17)20-14-6-8-16(3)4/h5-6,9-16H,7-8H2,1-4H3. The van der Waals surface area contributed by atoms with Crippen molar-refractivity contribution in [3.8, 4) is 11.5 Å². The maximum absolute atomic E-state index is 5.51. The molecule has 2 heteroatoms. The van der Waals surface area contributed by atoms with Gasteiger partial charge in [-0.2, -0.15) is 0 Å². The van der Waals surface area contributed by atoms with Crippen LogP contribution in [0.4, 0.5) is 0 Å². The molecule has 1 aromatic rings. The summed E-state index contributed by atoms with van der Waals surface area (Å²) in [6.07, 6.45) is 9.65. The maximum Gasteiger partial charge on any atom is 0.126 e. The Bertz CT molecular complexity index is 373. The van der Waals surface area contributed by atoms with Gasteiger partial charge in [-0.15, -0.1) is 0 Å². The Morgan fingerprint density at radius 2 is 1.10 bits per heavy atom. The first kappa shape index (κ1) is 16.4. The molecule has 20 heavy (non-hydrogen) atoms. The van der Waals surface area contributed by atoms with E-state index in [2.05, 4.69) is 27.7 Å². The number of allylic oxidation sites excluding steroid dienone is 2. The molecule has 0 aromatic heterocycles. The van der Waals surface area contributed by atoms with Crippen LogP contribution in [0.15, 0.2) is 48.9 Å². The third-order valence-electron chi connectivity index (χ3n) is 2.64. The number of rotatable bonds is 8. The van der Waals surface area contributed by atoms with E-state index in [1.54, 1.807) is 12.5 Å². The third kappa shape index (κ3) is 7.67. The monoisotopic (exact) mass is 274 g/mol. The topological polar surface area (TPSA) is 18.5 Å². The van der Waals surface area contributed by atoms with Crippen molar-refractivity contribution in [2.45, 2.75) is 40.5 Å². The van der Waals surface area contributed by atoms with E-state index in [0.717, 1.165) is 24.3 Å². The summed E-state index contributed by atoms with van der Waals surface area (Å²) in [7, 11) is 0. The molecule has 0 fully saturated rings. The predicted octanol–water partition coefficient (Wildman–Crippen LogP) is 5.56. The molecular weight excluding hydrogens is 248 g/mol. The summed E-state index contributed by atoms with van der Waals surface area (Å²) in [5.41, 5.74) is 0. The molecular formula is C18H26O2. The van der Waals surface area contributed by atoms with E-state index >= 15 is 0 Å². The quantitative estimate of drug-likeness (QED) is 0.577. The second kappa shape index (κ2) is 9.24. The van der Waals surface area contributed by atoms with Crippen LogP contribution in [0, 0.1) is 11.8 Å². The lowest BCUT2D eigenvalue weighted by molar-refractivity contribution is 0.463. The lowest BCUT2D eigenvalue weighted by Gasteiger charge is -2.03. The molecule has 0 aliphatic carbocycles. The van der Waals surface area contributed by atoms with Gasteiger partial charge in [-0.3, -0.25) is 0 Å². The van der Waals surface area contributed by atoms with Gasteiger partial charge in [-0.05, 0) is 61.1 Å². The fourth-order valence-corrected chi connectivity index (χ4v) is 1.51. The van der Waals surface area contributed by atoms with Gasteiger partial charge >= 0.3 is 0 Å². The molecule has 0 saturated carbocycles. The summed E-state index contributed by atoms with van der Waals surface area (Å²) in [6.45, 7) is 8.74. The van der Waals surface area contributed by atoms with Crippen molar-refractivity contribution >= 4 is 0 Å². The first-order chi connectivity index (χ1) is 9.58. The molecule has 0 radical (unpaired) electrons. The molecule has 0 aliphatic rings. The lowest BCUT2D eigenvalue weighted by Crippen LogP contribution is -1.87. The van der Waals surface area contributed by atoms with Gasteiger partial charge in [0, 0.05) is 0 Å². The van der Waals surface area contributed by atoms with Gasteiger partial charge in [-0.25, -0.2) is 0 Å². The van der Waals surface area contributed by atoms with E-state index < -0.39 is 0 Å². The zero-order chi connectivity index (χ0) is 14.8. The van der Waals surface area contributed by atoms with Crippen LogP contribution in [0.25, 0.3) is 0 Å². The summed E-state index contributed by atoms with van der Waals surface area (Å²) in [5.74, 6) is 2.96. The lowest BCUT2D eigenvalue weighted by atomic mass is 10.1. The third-order valence-corrected chi connectivity index (χ3v) is 2.64. The Morgan fingerprint density at radius 3 is 1.40 bits per heavy atom. The Labute approximate surface area is 123 Å². The van der Waals surface area contributed by atoms with Crippen LogP contribution >= 0.6 is 0 Å². The Morgan fingerprint density at radius 1 is 0.750 bits per heavy atom. The average Bonchev–Trinajstić information content (AvgIpc) is 2.41. The highest BCUT2D eigenvalue weighted by atomic mass is 16.5. The molecule has 2 nitrogen and oxygen atoms in total. The van der Waals surface area contributed by atoms with Crippen LogP contribution in [-0.2, 0) is 0 Å². The van der Waals surface area contributed by atoms with Crippen molar-refractivity contribution in [1.82, 2.24) is 0 Å². The average molecular weight is 274 g/mol. The van der Waals surface area contributed by atoms with Gasteiger partial charge in [0.25, 0.3) is 0 Å². The molecule has 0 atom stereocenters. The van der Waals surface area contributed by atoms with E-state index in [1.807, 2.05) is 36.4 Å². The van der Waals surface area contributed by atoms with Gasteiger partial charge in [0.05, 0.1) is 12.5 Å². The summed E-state index contributed by atoms with van der Waals surface area (Å²) >= 11 is 0. The minimum absolute atomic E-state index is 0.656. The zero-order valence-corrected chi connectivity index (χ0v) is 13.0. The van der Waals surface area contributed by atoms with E-state index in [1.165, 1.54) is 0 Å². The Balaban J connectivity index is 2.36. The van der Waals surface area contributed by atoms with Crippen LogP contribution in [-0.4, -0.2) is 0 Å². The van der Waals surface area contributed by atoms with Gasteiger partial charge in [0.2, 0.25) is 0 Å². The summed E-state index contributed by atoms with van der Waals surface area (Å²) in [5, 5.41) is 0. The van der Waals surface area contributed by atoms with Crippen LogP contribution in [0.1, 0.15) is 40.5 Å². The molecule has 0 aliphatic heterocycles. The van der Waals surface area contributed by atoms with Crippen LogP contribution < -0.4 is 9.47 Å². The molecule has 110 valence electrons. The smallest absolute Gasteiger partial charge is 0.126 e. The Kier molecular flexibility index (Phi) is 7.56. The number of benzene rings is 1. The maximum atomic E-state index is 5.51. The molecule has 1 aromatic carbocycles. The fourth-order valence-electron chi connectivity index (χ4n) is 1.51. The number of hydrogen-bond acceptors (Lipinski definition) is 2. The van der Waals surface area contributed by atoms with Crippen molar-refractivity contribution in [2.24, 2.45) is 11.8 Å². The molecule has 0 bridgehead atoms. The number of ether oxygens (including phenoxy) is 2. The zero-order valence-electron chi connectivity index (χ0n) is 13.0. The minimum atomic E-state index is 0.656. The first-order valence-electron chi connectivity index (χ1n) is 7.31. The van der Waals surface area contributed by atoms with Crippen LogP contribution in [0.3, 0.4) is 0 Å². The summed E-state index contributed by atoms with van der Waals surface area (Å²) < 4.78 is 11.0. The van der Waals surface area contributed by atoms with Crippen molar-refractivity contribution in [3.63, 3.8) is 0 Å². The molecule has 0 N–H and O–H groups in total. The first-order valence-corrected chi connectivity index (χ1v) is 7.31. The number of hydrogen-bond donors (Lipinski definition) is 0. The van der Waals surface area contributed by atoms with Crippen LogP contribution in [0.2, 0.25) is 0 Å². The Hall–Kier alpha value is -1.70. The van der Waals surface area contributed by atoms with Crippen molar-refractivity contribution in [2.75, 3.05) is 0 Å². The van der Waals surface area contributed by atoms with Crippen molar-refractivity contribution in [3.05, 3.63) is 48.9 Å². The van der Waals surface area contributed by atoms with Gasteiger partial charge in [-0.1, -0.05) is 27.7 Å². The van der Waals surface area contributed by atoms with E-state index in [0.29, 0.717) is 11.8 Å². The largest absolute Gasteiger partial charge is 0.465 e. The van der Waals surface area contributed by atoms with Crippen molar-refractivity contribution < 1.29 is 9.47 Å². The molecule has 0 heterocycles. The van der Waals surface area contributed by atoms with Crippen LogP contribution in [0.5, 0.6) is 11.5 Å². The highest BCUT2D eigenvalue weighted by molar-refractivity contribution is 5.32. The summed E-state index contributed by atoms with van der Waals surface area (Å²) in [4.78, 5) is 0. The van der Waals surface area contributed by atoms with E-state index in [-0.39, 0.29) is 0 Å². The highest BCUT2D eigenvalue weighted by Gasteiger charge is 1.94. The van der Waals surface area contributed by atoms with Gasteiger partial charge in [0.15, 0.2) is 0 Å². The SMILES string of the molecule is CC(C)CC=COc1ccc(OC=CCC(C)C)cc1. The van der Waals surface area contributed by atoms with Crippen molar-refractivity contribution in [1.29, 1.82) is 0 Å². The fraction of sp³-hybridized carbons (Fsp3) is 0.444. The molecule has 0 amide bonds. The molecule has 0 spiro atoms. The molecule has 0 saturated heterocycles.